The summed E-state index contributed by atoms with van der Waals surface area (Å²) < 4.78 is 6.92. The molecule has 4 aromatic rings. The van der Waals surface area contributed by atoms with Crippen molar-refractivity contribution < 1.29 is 14.6 Å². The maximum atomic E-state index is 12.9. The summed E-state index contributed by atoms with van der Waals surface area (Å²) in [6.07, 6.45) is -0.933. The molecule has 31 heavy (non-hydrogen) atoms. The van der Waals surface area contributed by atoms with Gasteiger partial charge >= 0.3 is 0 Å². The summed E-state index contributed by atoms with van der Waals surface area (Å²) in [5.41, 5.74) is 1.12. The molecule has 2 aromatic heterocycles. The fraction of sp³-hybridized carbons (Fsp3) is 0.174. The quantitative estimate of drug-likeness (QED) is 0.463. The van der Waals surface area contributed by atoms with E-state index in [0.29, 0.717) is 22.5 Å². The Morgan fingerprint density at radius 3 is 2.55 bits per heavy atom. The van der Waals surface area contributed by atoms with Gasteiger partial charge in [-0.2, -0.15) is 5.10 Å². The molecule has 0 radical (unpaired) electrons. The number of anilines is 1. The number of carbonyl (C=O) groups is 1. The molecule has 4 rings (SSSR count). The van der Waals surface area contributed by atoms with Crippen molar-refractivity contribution in [2.45, 2.75) is 19.6 Å². The molecular weight excluding hydrogens is 414 g/mol. The lowest BCUT2D eigenvalue weighted by Gasteiger charge is -2.15. The number of thiophene rings is 1. The third-order valence-corrected chi connectivity index (χ3v) is 5.50. The third-order valence-electron chi connectivity index (χ3n) is 4.62. The fourth-order valence-electron chi connectivity index (χ4n) is 3.24. The third kappa shape index (κ3) is 4.82. The first kappa shape index (κ1) is 20.8. The number of aliphatic hydroxyl groups is 1. The number of hydrogen-bond acceptors (Lipinski definition) is 6. The summed E-state index contributed by atoms with van der Waals surface area (Å²) in [6.45, 7) is 1.44. The van der Waals surface area contributed by atoms with E-state index in [1.807, 2.05) is 35.7 Å². The van der Waals surface area contributed by atoms with Crippen LogP contribution in [0.5, 0.6) is 5.75 Å². The normalized spacial score (nSPS) is 11.9. The highest BCUT2D eigenvalue weighted by molar-refractivity contribution is 7.13. The van der Waals surface area contributed by atoms with Gasteiger partial charge in [0.15, 0.2) is 0 Å². The van der Waals surface area contributed by atoms with Gasteiger partial charge in [-0.05, 0) is 41.8 Å². The van der Waals surface area contributed by atoms with Crippen molar-refractivity contribution in [2.75, 3.05) is 11.9 Å². The Morgan fingerprint density at radius 2 is 1.87 bits per heavy atom. The number of nitrogens with one attached hydrogen (secondary N) is 1. The number of hydrogen-bond donors (Lipinski definition) is 2. The van der Waals surface area contributed by atoms with Gasteiger partial charge in [-0.1, -0.05) is 24.3 Å². The molecule has 2 N–H and O–H groups in total. The van der Waals surface area contributed by atoms with Crippen molar-refractivity contribution in [2.24, 2.45) is 0 Å². The van der Waals surface area contributed by atoms with Gasteiger partial charge in [-0.3, -0.25) is 9.59 Å². The zero-order valence-electron chi connectivity index (χ0n) is 16.8. The Labute approximate surface area is 182 Å². The first-order chi connectivity index (χ1) is 15.0. The van der Waals surface area contributed by atoms with Gasteiger partial charge < -0.3 is 15.2 Å². The highest BCUT2D eigenvalue weighted by atomic mass is 32.1. The zero-order chi connectivity index (χ0) is 21.8. The van der Waals surface area contributed by atoms with E-state index < -0.39 is 6.10 Å². The van der Waals surface area contributed by atoms with Gasteiger partial charge in [0.2, 0.25) is 5.91 Å². The minimum atomic E-state index is -0.933. The van der Waals surface area contributed by atoms with Crippen LogP contribution < -0.4 is 15.6 Å². The van der Waals surface area contributed by atoms with Crippen LogP contribution in [0.3, 0.4) is 0 Å². The highest BCUT2D eigenvalue weighted by Crippen LogP contribution is 2.28. The van der Waals surface area contributed by atoms with Crippen molar-refractivity contribution in [3.63, 3.8) is 0 Å². The summed E-state index contributed by atoms with van der Waals surface area (Å²) in [4.78, 5) is 24.9. The Kier molecular flexibility index (Phi) is 6.11. The topological polar surface area (TPSA) is 93.4 Å². The van der Waals surface area contributed by atoms with Crippen molar-refractivity contribution in [3.8, 4) is 16.3 Å². The number of nitrogens with zero attached hydrogens (tertiary/aromatic N) is 2. The van der Waals surface area contributed by atoms with Crippen LogP contribution in [0.25, 0.3) is 21.3 Å². The standard InChI is InChI=1S/C23H21N3O4S/c1-15(27)24-16-8-10-18(11-9-16)30-14-17(28)13-26-23(29)20-6-3-2-5-19(20)22(25-26)21-7-4-12-31-21/h2-12,17,28H,13-14H2,1H3,(H,24,27). The smallest absolute Gasteiger partial charge is 0.274 e. The molecule has 0 spiro atoms. The van der Waals surface area contributed by atoms with Gasteiger partial charge in [0, 0.05) is 18.0 Å². The summed E-state index contributed by atoms with van der Waals surface area (Å²) >= 11 is 1.55. The lowest BCUT2D eigenvalue weighted by molar-refractivity contribution is -0.114. The summed E-state index contributed by atoms with van der Waals surface area (Å²) in [6, 6.07) is 18.1. The molecule has 8 heteroatoms. The van der Waals surface area contributed by atoms with Gasteiger partial charge in [0.05, 0.1) is 16.8 Å². The molecule has 0 aliphatic heterocycles. The molecule has 1 amide bonds. The molecular formula is C23H21N3O4S. The molecule has 0 aliphatic rings. The van der Waals surface area contributed by atoms with Crippen LogP contribution in [0.2, 0.25) is 0 Å². The molecule has 0 fully saturated rings. The number of ether oxygens (including phenoxy) is 1. The summed E-state index contributed by atoms with van der Waals surface area (Å²) in [7, 11) is 0. The Bertz CT molecular complexity index is 1250. The lowest BCUT2D eigenvalue weighted by Crippen LogP contribution is -2.32. The number of benzene rings is 2. The van der Waals surface area contributed by atoms with E-state index in [9.17, 15) is 14.7 Å². The van der Waals surface area contributed by atoms with Crippen LogP contribution in [-0.2, 0) is 11.3 Å². The van der Waals surface area contributed by atoms with E-state index in [4.69, 9.17) is 4.74 Å². The molecule has 0 aliphatic carbocycles. The van der Waals surface area contributed by atoms with E-state index >= 15 is 0 Å². The molecule has 2 aromatic carbocycles. The average molecular weight is 436 g/mol. The second-order valence-electron chi connectivity index (χ2n) is 7.03. The molecule has 7 nitrogen and oxygen atoms in total. The minimum Gasteiger partial charge on any atom is -0.491 e. The Balaban J connectivity index is 1.51. The SMILES string of the molecule is CC(=O)Nc1ccc(OCC(O)Cn2nc(-c3cccs3)c3ccccc3c2=O)cc1. The van der Waals surface area contributed by atoms with Crippen molar-refractivity contribution in [1.82, 2.24) is 9.78 Å². The van der Waals surface area contributed by atoms with Gasteiger partial charge in [0.25, 0.3) is 5.56 Å². The average Bonchev–Trinajstić information content (AvgIpc) is 3.30. The van der Waals surface area contributed by atoms with Crippen molar-refractivity contribution in [1.29, 1.82) is 0 Å². The lowest BCUT2D eigenvalue weighted by atomic mass is 10.1. The predicted molar refractivity (Wildman–Crippen MR) is 122 cm³/mol. The largest absolute Gasteiger partial charge is 0.491 e. The number of rotatable bonds is 7. The second-order valence-corrected chi connectivity index (χ2v) is 7.98. The number of aromatic nitrogens is 2. The number of amides is 1. The minimum absolute atomic E-state index is 0.00519. The second kappa shape index (κ2) is 9.11. The van der Waals surface area contributed by atoms with Crippen LogP contribution in [0.4, 0.5) is 5.69 Å². The van der Waals surface area contributed by atoms with Crippen LogP contribution in [-0.4, -0.2) is 33.5 Å². The van der Waals surface area contributed by atoms with Crippen LogP contribution >= 0.6 is 11.3 Å². The molecule has 1 unspecified atom stereocenters. The maximum Gasteiger partial charge on any atom is 0.274 e. The molecule has 0 saturated carbocycles. The Morgan fingerprint density at radius 1 is 1.13 bits per heavy atom. The number of fused-ring (bicyclic) bond motifs is 1. The van der Waals surface area contributed by atoms with Gasteiger partial charge in [-0.25, -0.2) is 4.68 Å². The number of aliphatic hydroxyl groups excluding tert-OH is 1. The fourth-order valence-corrected chi connectivity index (χ4v) is 3.96. The monoisotopic (exact) mass is 435 g/mol. The van der Waals surface area contributed by atoms with Crippen LogP contribution in [0.1, 0.15) is 6.92 Å². The molecule has 0 saturated heterocycles. The van der Waals surface area contributed by atoms with E-state index in [1.165, 1.54) is 11.6 Å². The van der Waals surface area contributed by atoms with Crippen molar-refractivity contribution >= 4 is 33.7 Å². The van der Waals surface area contributed by atoms with Gasteiger partial charge in [0.1, 0.15) is 24.2 Å². The molecule has 1 atom stereocenters. The van der Waals surface area contributed by atoms with E-state index in [0.717, 1.165) is 10.3 Å². The van der Waals surface area contributed by atoms with E-state index in [2.05, 4.69) is 10.4 Å². The first-order valence-electron chi connectivity index (χ1n) is 9.73. The molecule has 158 valence electrons. The summed E-state index contributed by atoms with van der Waals surface area (Å²) in [5, 5.41) is 21.0. The molecule has 0 bridgehead atoms. The highest BCUT2D eigenvalue weighted by Gasteiger charge is 2.15. The number of carbonyl (C=O) groups excluding carboxylic acids is 1. The van der Waals surface area contributed by atoms with Crippen LogP contribution in [0.15, 0.2) is 70.8 Å². The maximum absolute atomic E-state index is 12.9. The van der Waals surface area contributed by atoms with E-state index in [1.54, 1.807) is 41.7 Å². The van der Waals surface area contributed by atoms with Crippen LogP contribution in [0, 0.1) is 0 Å². The Hall–Kier alpha value is -3.49. The first-order valence-corrected chi connectivity index (χ1v) is 10.6. The summed E-state index contributed by atoms with van der Waals surface area (Å²) in [5.74, 6) is 0.394. The van der Waals surface area contributed by atoms with Gasteiger partial charge in [-0.15, -0.1) is 11.3 Å². The predicted octanol–water partition coefficient (Wildman–Crippen LogP) is 3.52. The zero-order valence-corrected chi connectivity index (χ0v) is 17.6. The van der Waals surface area contributed by atoms with Crippen molar-refractivity contribution in [3.05, 3.63) is 76.4 Å². The van der Waals surface area contributed by atoms with E-state index in [-0.39, 0.29) is 24.6 Å². The molecule has 2 heterocycles.